The van der Waals surface area contributed by atoms with Crippen LogP contribution >= 0.6 is 11.8 Å². The molecular formula is C15H22N4OS. The highest BCUT2D eigenvalue weighted by atomic mass is 32.2. The molecule has 0 unspecified atom stereocenters. The van der Waals surface area contributed by atoms with Gasteiger partial charge in [0.05, 0.1) is 5.75 Å². The van der Waals surface area contributed by atoms with E-state index in [2.05, 4.69) is 26.7 Å². The summed E-state index contributed by atoms with van der Waals surface area (Å²) < 4.78 is 2.10. The summed E-state index contributed by atoms with van der Waals surface area (Å²) in [5.41, 5.74) is 0. The van der Waals surface area contributed by atoms with Crippen molar-refractivity contribution in [1.82, 2.24) is 20.1 Å². The van der Waals surface area contributed by atoms with Gasteiger partial charge in [-0.05, 0) is 25.7 Å². The highest BCUT2D eigenvalue weighted by Crippen LogP contribution is 2.40. The molecule has 0 radical (unpaired) electrons. The van der Waals surface area contributed by atoms with Gasteiger partial charge in [0, 0.05) is 18.5 Å². The van der Waals surface area contributed by atoms with E-state index in [1.54, 1.807) is 0 Å². The highest BCUT2D eigenvalue weighted by Gasteiger charge is 2.30. The number of nitrogens with zero attached hydrogens (tertiary/aromatic N) is 3. The predicted molar refractivity (Wildman–Crippen MR) is 83.3 cm³/mol. The Morgan fingerprint density at radius 1 is 1.33 bits per heavy atom. The van der Waals surface area contributed by atoms with Gasteiger partial charge in [0.15, 0.2) is 5.16 Å². The minimum absolute atomic E-state index is 0.105. The van der Waals surface area contributed by atoms with E-state index in [1.165, 1.54) is 37.4 Å². The Kier molecular flexibility index (Phi) is 4.63. The van der Waals surface area contributed by atoms with E-state index >= 15 is 0 Å². The fourth-order valence-electron chi connectivity index (χ4n) is 2.82. The van der Waals surface area contributed by atoms with Crippen LogP contribution in [0.2, 0.25) is 0 Å². The minimum atomic E-state index is 0.105. The molecule has 1 N–H and O–H groups in total. The monoisotopic (exact) mass is 306 g/mol. The van der Waals surface area contributed by atoms with Gasteiger partial charge in [-0.15, -0.1) is 16.8 Å². The van der Waals surface area contributed by atoms with Crippen LogP contribution in [0.1, 0.15) is 50.3 Å². The maximum Gasteiger partial charge on any atom is 0.230 e. The normalized spacial score (nSPS) is 18.9. The van der Waals surface area contributed by atoms with Crippen LogP contribution in [0.25, 0.3) is 0 Å². The van der Waals surface area contributed by atoms with Gasteiger partial charge in [0.2, 0.25) is 5.91 Å². The van der Waals surface area contributed by atoms with Crippen molar-refractivity contribution in [3.8, 4) is 0 Å². The molecule has 1 aromatic heterocycles. The lowest BCUT2D eigenvalue weighted by molar-refractivity contribution is -0.119. The number of hydrogen-bond donors (Lipinski definition) is 1. The summed E-state index contributed by atoms with van der Waals surface area (Å²) in [6, 6.07) is 0.381. The zero-order valence-electron chi connectivity index (χ0n) is 12.3. The van der Waals surface area contributed by atoms with Crippen molar-refractivity contribution in [1.29, 1.82) is 0 Å². The summed E-state index contributed by atoms with van der Waals surface area (Å²) in [5, 5.41) is 12.5. The molecule has 2 aliphatic rings. The van der Waals surface area contributed by atoms with E-state index < -0.39 is 0 Å². The standard InChI is InChI=1S/C15H22N4OS/c1-2-9-19-14(11-7-8-11)17-18-15(19)21-10-13(20)16-12-5-3-4-6-12/h2,11-12H,1,3-10H2,(H,16,20). The molecule has 0 atom stereocenters. The quantitative estimate of drug-likeness (QED) is 0.621. The van der Waals surface area contributed by atoms with E-state index in [-0.39, 0.29) is 5.91 Å². The fraction of sp³-hybridized carbons (Fsp3) is 0.667. The van der Waals surface area contributed by atoms with Crippen molar-refractivity contribution in [2.75, 3.05) is 5.75 Å². The smallest absolute Gasteiger partial charge is 0.230 e. The van der Waals surface area contributed by atoms with Crippen LogP contribution < -0.4 is 5.32 Å². The average molecular weight is 306 g/mol. The van der Waals surface area contributed by atoms with Gasteiger partial charge in [0.1, 0.15) is 5.82 Å². The Bertz CT molecular complexity index is 518. The van der Waals surface area contributed by atoms with Crippen LogP contribution in [0.5, 0.6) is 0 Å². The molecule has 114 valence electrons. The Balaban J connectivity index is 1.56. The number of aromatic nitrogens is 3. The first-order chi connectivity index (χ1) is 10.3. The zero-order chi connectivity index (χ0) is 14.7. The Hall–Kier alpha value is -1.30. The zero-order valence-corrected chi connectivity index (χ0v) is 13.1. The molecular weight excluding hydrogens is 284 g/mol. The van der Waals surface area contributed by atoms with Crippen LogP contribution in [0.15, 0.2) is 17.8 Å². The molecule has 0 bridgehead atoms. The summed E-state index contributed by atoms with van der Waals surface area (Å²) in [6.07, 6.45) is 8.96. The van der Waals surface area contributed by atoms with Crippen molar-refractivity contribution in [2.24, 2.45) is 0 Å². The Morgan fingerprint density at radius 3 is 2.76 bits per heavy atom. The first-order valence-electron chi connectivity index (χ1n) is 7.74. The number of carbonyl (C=O) groups is 1. The molecule has 5 nitrogen and oxygen atoms in total. The number of allylic oxidation sites excluding steroid dienone is 1. The molecule has 2 aliphatic carbocycles. The molecule has 21 heavy (non-hydrogen) atoms. The second-order valence-electron chi connectivity index (χ2n) is 5.85. The molecule has 1 aromatic rings. The van der Waals surface area contributed by atoms with Crippen molar-refractivity contribution < 1.29 is 4.79 Å². The van der Waals surface area contributed by atoms with Gasteiger partial charge in [-0.3, -0.25) is 4.79 Å². The summed E-state index contributed by atoms with van der Waals surface area (Å²) in [4.78, 5) is 12.0. The molecule has 3 rings (SSSR count). The van der Waals surface area contributed by atoms with E-state index in [4.69, 9.17) is 0 Å². The van der Waals surface area contributed by atoms with Crippen LogP contribution in [-0.4, -0.2) is 32.5 Å². The molecule has 2 fully saturated rings. The van der Waals surface area contributed by atoms with Crippen molar-refractivity contribution in [3.05, 3.63) is 18.5 Å². The molecule has 0 aliphatic heterocycles. The van der Waals surface area contributed by atoms with Gasteiger partial charge in [-0.25, -0.2) is 0 Å². The second-order valence-corrected chi connectivity index (χ2v) is 6.79. The number of nitrogens with one attached hydrogen (secondary N) is 1. The number of carbonyl (C=O) groups excluding carboxylic acids is 1. The molecule has 1 heterocycles. The van der Waals surface area contributed by atoms with Crippen LogP contribution in [0.4, 0.5) is 0 Å². The third-order valence-corrected chi connectivity index (χ3v) is 5.02. The van der Waals surface area contributed by atoms with E-state index in [0.717, 1.165) is 23.8 Å². The number of rotatable bonds is 7. The van der Waals surface area contributed by atoms with E-state index in [9.17, 15) is 4.79 Å². The third-order valence-electron chi connectivity index (χ3n) is 4.05. The summed E-state index contributed by atoms with van der Waals surface area (Å²) in [6.45, 7) is 4.51. The molecule has 6 heteroatoms. The van der Waals surface area contributed by atoms with Crippen molar-refractivity contribution >= 4 is 17.7 Å². The van der Waals surface area contributed by atoms with Gasteiger partial charge < -0.3 is 9.88 Å². The molecule has 2 saturated carbocycles. The number of hydrogen-bond acceptors (Lipinski definition) is 4. The summed E-state index contributed by atoms with van der Waals surface area (Å²) >= 11 is 1.47. The largest absolute Gasteiger partial charge is 0.353 e. The lowest BCUT2D eigenvalue weighted by Gasteiger charge is -2.11. The minimum Gasteiger partial charge on any atom is -0.353 e. The van der Waals surface area contributed by atoms with Crippen molar-refractivity contribution in [2.45, 2.75) is 62.2 Å². The molecule has 0 saturated heterocycles. The fourth-order valence-corrected chi connectivity index (χ4v) is 3.59. The summed E-state index contributed by atoms with van der Waals surface area (Å²) in [5.74, 6) is 2.12. The van der Waals surface area contributed by atoms with Crippen LogP contribution in [-0.2, 0) is 11.3 Å². The number of amides is 1. The van der Waals surface area contributed by atoms with Gasteiger partial charge in [-0.1, -0.05) is 30.7 Å². The lowest BCUT2D eigenvalue weighted by atomic mass is 10.2. The van der Waals surface area contributed by atoms with E-state index in [0.29, 0.717) is 24.3 Å². The Morgan fingerprint density at radius 2 is 2.10 bits per heavy atom. The SMILES string of the molecule is C=CCn1c(SCC(=O)NC2CCCC2)nnc1C1CC1. The van der Waals surface area contributed by atoms with Gasteiger partial charge in [0.25, 0.3) is 0 Å². The first kappa shape index (κ1) is 14.6. The molecule has 0 aromatic carbocycles. The highest BCUT2D eigenvalue weighted by molar-refractivity contribution is 7.99. The predicted octanol–water partition coefficient (Wildman–Crippen LogP) is 2.49. The topological polar surface area (TPSA) is 59.8 Å². The van der Waals surface area contributed by atoms with E-state index in [1.807, 2.05) is 6.08 Å². The maximum absolute atomic E-state index is 12.0. The first-order valence-corrected chi connectivity index (χ1v) is 8.72. The van der Waals surface area contributed by atoms with Crippen molar-refractivity contribution in [3.63, 3.8) is 0 Å². The lowest BCUT2D eigenvalue weighted by Crippen LogP contribution is -2.33. The van der Waals surface area contributed by atoms with Crippen LogP contribution in [0, 0.1) is 0 Å². The maximum atomic E-state index is 12.0. The second kappa shape index (κ2) is 6.64. The van der Waals surface area contributed by atoms with Gasteiger partial charge >= 0.3 is 0 Å². The average Bonchev–Trinajstić information content (AvgIpc) is 3.04. The number of thioether (sulfide) groups is 1. The summed E-state index contributed by atoms with van der Waals surface area (Å²) in [7, 11) is 0. The molecule has 0 spiro atoms. The van der Waals surface area contributed by atoms with Gasteiger partial charge in [-0.2, -0.15) is 0 Å². The van der Waals surface area contributed by atoms with Crippen LogP contribution in [0.3, 0.4) is 0 Å². The Labute approximate surface area is 129 Å². The third kappa shape index (κ3) is 3.67. The molecule has 1 amide bonds.